The van der Waals surface area contributed by atoms with Crippen molar-refractivity contribution >= 4 is 22.9 Å². The van der Waals surface area contributed by atoms with Gasteiger partial charge >= 0.3 is 0 Å². The molecule has 1 aromatic heterocycles. The number of nitrogens with zero attached hydrogens (tertiary/aromatic N) is 2. The summed E-state index contributed by atoms with van der Waals surface area (Å²) in [7, 11) is 0. The van der Waals surface area contributed by atoms with Crippen molar-refractivity contribution in [3.63, 3.8) is 0 Å². The van der Waals surface area contributed by atoms with Crippen molar-refractivity contribution in [1.82, 2.24) is 9.88 Å². The third-order valence-electron chi connectivity index (χ3n) is 2.63. The Balaban J connectivity index is 1.92. The molecule has 0 radical (unpaired) electrons. The molecule has 0 aromatic carbocycles. The lowest BCUT2D eigenvalue weighted by atomic mass is 10.1. The minimum atomic E-state index is -0.427. The zero-order valence-electron chi connectivity index (χ0n) is 8.14. The van der Waals surface area contributed by atoms with Gasteiger partial charge in [0, 0.05) is 37.5 Å². The maximum Gasteiger partial charge on any atom is 0.183 e. The summed E-state index contributed by atoms with van der Waals surface area (Å²) < 4.78 is 0.545. The number of thiazole rings is 1. The first-order valence-electron chi connectivity index (χ1n) is 4.80. The van der Waals surface area contributed by atoms with E-state index in [4.69, 9.17) is 16.7 Å². The molecule has 4 nitrogen and oxygen atoms in total. The number of halogens is 1. The highest BCUT2D eigenvalue weighted by atomic mass is 35.5. The Labute approximate surface area is 97.1 Å². The first-order chi connectivity index (χ1) is 7.19. The quantitative estimate of drug-likeness (QED) is 0.822. The molecule has 1 fully saturated rings. The molecule has 2 N–H and O–H groups in total. The third kappa shape index (κ3) is 2.68. The average molecular weight is 249 g/mol. The number of hydrogen-bond donors (Lipinski definition) is 2. The maximum absolute atomic E-state index is 9.60. The molecule has 2 atom stereocenters. The van der Waals surface area contributed by atoms with Crippen LogP contribution in [0.5, 0.6) is 0 Å². The zero-order valence-corrected chi connectivity index (χ0v) is 9.71. The lowest BCUT2D eigenvalue weighted by Gasteiger charge is -2.12. The Bertz CT molecular complexity index is 334. The van der Waals surface area contributed by atoms with Gasteiger partial charge in [-0.3, -0.25) is 4.90 Å². The summed E-state index contributed by atoms with van der Waals surface area (Å²) in [5.41, 5.74) is 0.927. The van der Waals surface area contributed by atoms with E-state index in [1.165, 1.54) is 11.3 Å². The number of aliphatic hydroxyl groups excluding tert-OH is 2. The number of aromatic nitrogens is 1. The van der Waals surface area contributed by atoms with Gasteiger partial charge in [0.15, 0.2) is 4.47 Å². The van der Waals surface area contributed by atoms with Crippen molar-refractivity contribution in [3.05, 3.63) is 15.5 Å². The number of hydrogen-bond acceptors (Lipinski definition) is 5. The standard InChI is InChI=1S/C9H13ClN2O2S/c10-9-11-7(5-15-9)2-12-1-6(4-13)8(14)3-12/h5-6,8,13-14H,1-4H2. The van der Waals surface area contributed by atoms with E-state index in [1.54, 1.807) is 0 Å². The molecule has 1 aliphatic rings. The van der Waals surface area contributed by atoms with E-state index in [0.717, 1.165) is 5.69 Å². The van der Waals surface area contributed by atoms with Crippen LogP contribution < -0.4 is 0 Å². The molecule has 0 bridgehead atoms. The van der Waals surface area contributed by atoms with E-state index >= 15 is 0 Å². The summed E-state index contributed by atoms with van der Waals surface area (Å²) in [6.07, 6.45) is -0.427. The Morgan fingerprint density at radius 3 is 2.93 bits per heavy atom. The van der Waals surface area contributed by atoms with Gasteiger partial charge < -0.3 is 10.2 Å². The summed E-state index contributed by atoms with van der Waals surface area (Å²) in [5, 5.41) is 20.5. The van der Waals surface area contributed by atoms with Gasteiger partial charge in [-0.1, -0.05) is 11.6 Å². The maximum atomic E-state index is 9.60. The fourth-order valence-electron chi connectivity index (χ4n) is 1.83. The second-order valence-electron chi connectivity index (χ2n) is 3.80. The molecule has 1 aliphatic heterocycles. The summed E-state index contributed by atoms with van der Waals surface area (Å²) in [4.78, 5) is 6.23. The average Bonchev–Trinajstić information content (AvgIpc) is 2.73. The Morgan fingerprint density at radius 1 is 1.60 bits per heavy atom. The Kier molecular flexibility index (Phi) is 3.58. The summed E-state index contributed by atoms with van der Waals surface area (Å²) >= 11 is 7.14. The first-order valence-corrected chi connectivity index (χ1v) is 6.06. The van der Waals surface area contributed by atoms with E-state index < -0.39 is 6.10 Å². The number of likely N-dealkylation sites (tertiary alicyclic amines) is 1. The van der Waals surface area contributed by atoms with Crippen LogP contribution in [0.1, 0.15) is 5.69 Å². The van der Waals surface area contributed by atoms with Gasteiger partial charge in [0.05, 0.1) is 11.8 Å². The van der Waals surface area contributed by atoms with Crippen LogP contribution in [0.15, 0.2) is 5.38 Å². The normalized spacial score (nSPS) is 27.4. The van der Waals surface area contributed by atoms with E-state index in [9.17, 15) is 5.11 Å². The highest BCUT2D eigenvalue weighted by Gasteiger charge is 2.30. The molecule has 1 saturated heterocycles. The fourth-order valence-corrected chi connectivity index (χ4v) is 2.61. The van der Waals surface area contributed by atoms with Crippen molar-refractivity contribution in [2.45, 2.75) is 12.6 Å². The number of rotatable bonds is 3. The molecule has 2 unspecified atom stereocenters. The van der Waals surface area contributed by atoms with Crippen LogP contribution in [0, 0.1) is 5.92 Å². The van der Waals surface area contributed by atoms with Gasteiger partial charge in [-0.05, 0) is 0 Å². The molecule has 2 heterocycles. The Hall–Kier alpha value is -0.200. The summed E-state index contributed by atoms with van der Waals surface area (Å²) in [6.45, 7) is 2.04. The van der Waals surface area contributed by atoms with Gasteiger partial charge in [0.2, 0.25) is 0 Å². The van der Waals surface area contributed by atoms with E-state index in [1.807, 2.05) is 5.38 Å². The second kappa shape index (κ2) is 4.76. The Morgan fingerprint density at radius 2 is 2.40 bits per heavy atom. The summed E-state index contributed by atoms with van der Waals surface area (Å²) in [5.74, 6) is -0.0286. The topological polar surface area (TPSA) is 56.6 Å². The molecular formula is C9H13ClN2O2S. The second-order valence-corrected chi connectivity index (χ2v) is 5.24. The van der Waals surface area contributed by atoms with Gasteiger partial charge in [-0.15, -0.1) is 11.3 Å². The highest BCUT2D eigenvalue weighted by molar-refractivity contribution is 7.13. The molecular weight excluding hydrogens is 236 g/mol. The molecule has 6 heteroatoms. The highest BCUT2D eigenvalue weighted by Crippen LogP contribution is 2.21. The first kappa shape index (κ1) is 11.3. The lowest BCUT2D eigenvalue weighted by molar-refractivity contribution is 0.103. The molecule has 0 aliphatic carbocycles. The lowest BCUT2D eigenvalue weighted by Crippen LogP contribution is -2.21. The van der Waals surface area contributed by atoms with Crippen molar-refractivity contribution in [2.24, 2.45) is 5.92 Å². The summed E-state index contributed by atoms with van der Waals surface area (Å²) in [6, 6.07) is 0. The van der Waals surface area contributed by atoms with Crippen molar-refractivity contribution < 1.29 is 10.2 Å². The van der Waals surface area contributed by atoms with Crippen LogP contribution in [0.4, 0.5) is 0 Å². The van der Waals surface area contributed by atoms with Crippen molar-refractivity contribution in [2.75, 3.05) is 19.7 Å². The van der Waals surface area contributed by atoms with Crippen LogP contribution >= 0.6 is 22.9 Å². The smallest absolute Gasteiger partial charge is 0.183 e. The van der Waals surface area contributed by atoms with E-state index in [-0.39, 0.29) is 12.5 Å². The molecule has 1 aromatic rings. The molecule has 0 spiro atoms. The van der Waals surface area contributed by atoms with Gasteiger partial charge in [0.1, 0.15) is 0 Å². The number of β-amino-alcohol motifs (C(OH)–C–C–N with tert-alkyl or cyclic N) is 1. The van der Waals surface area contributed by atoms with Gasteiger partial charge in [-0.25, -0.2) is 4.98 Å². The molecule has 2 rings (SSSR count). The molecule has 15 heavy (non-hydrogen) atoms. The molecule has 84 valence electrons. The third-order valence-corrected chi connectivity index (χ3v) is 3.65. The predicted octanol–water partition coefficient (Wildman–Crippen LogP) is 0.581. The zero-order chi connectivity index (χ0) is 10.8. The van der Waals surface area contributed by atoms with Gasteiger partial charge in [-0.2, -0.15) is 0 Å². The number of aliphatic hydroxyl groups is 2. The SMILES string of the molecule is OCC1CN(Cc2csc(Cl)n2)CC1O. The van der Waals surface area contributed by atoms with Crippen LogP contribution in [0.25, 0.3) is 0 Å². The van der Waals surface area contributed by atoms with Crippen LogP contribution in [-0.2, 0) is 6.54 Å². The van der Waals surface area contributed by atoms with Crippen LogP contribution in [-0.4, -0.2) is 45.9 Å². The van der Waals surface area contributed by atoms with Crippen molar-refractivity contribution in [1.29, 1.82) is 0 Å². The minimum absolute atomic E-state index is 0.0286. The minimum Gasteiger partial charge on any atom is -0.396 e. The van der Waals surface area contributed by atoms with E-state index in [2.05, 4.69) is 9.88 Å². The van der Waals surface area contributed by atoms with Gasteiger partial charge in [0.25, 0.3) is 0 Å². The molecule has 0 amide bonds. The predicted molar refractivity (Wildman–Crippen MR) is 59.0 cm³/mol. The van der Waals surface area contributed by atoms with E-state index in [0.29, 0.717) is 24.1 Å². The van der Waals surface area contributed by atoms with Crippen LogP contribution in [0.3, 0.4) is 0 Å². The monoisotopic (exact) mass is 248 g/mol. The van der Waals surface area contributed by atoms with Crippen LogP contribution in [0.2, 0.25) is 4.47 Å². The fraction of sp³-hybridized carbons (Fsp3) is 0.667. The largest absolute Gasteiger partial charge is 0.396 e. The van der Waals surface area contributed by atoms with Crippen molar-refractivity contribution in [3.8, 4) is 0 Å². The molecule has 0 saturated carbocycles.